The summed E-state index contributed by atoms with van der Waals surface area (Å²) in [6.45, 7) is 5.62. The number of allylic oxidation sites excluding steroid dienone is 1. The van der Waals surface area contributed by atoms with E-state index in [4.69, 9.17) is 0 Å². The molecule has 0 bridgehead atoms. The molecule has 1 amide bonds. The molecule has 0 spiro atoms. The molecule has 1 fully saturated rings. The van der Waals surface area contributed by atoms with Crippen molar-refractivity contribution in [3.63, 3.8) is 0 Å². The standard InChI is InChI=1S/C25H43NO5/c1-4-5-8-11-20(27)16-14-19-15-17-22(28)21(19)12-9-6-7-10-13-23(29)26-24(18(2)3)25(30)31/h14,16,18-21,24,27H,4-13,15,17H2,1-3H3,(H,26,29)(H,30,31)/p-1/b16-14+/t19-,20-,21+,24+/m0/s1. The number of hydrogen-bond acceptors (Lipinski definition) is 5. The van der Waals surface area contributed by atoms with E-state index in [1.54, 1.807) is 13.8 Å². The van der Waals surface area contributed by atoms with E-state index in [1.165, 1.54) is 0 Å². The van der Waals surface area contributed by atoms with Crippen molar-refractivity contribution in [2.24, 2.45) is 17.8 Å². The Morgan fingerprint density at radius 1 is 1.16 bits per heavy atom. The SMILES string of the molecule is CCCCC[C@H](O)/C=C/[C@H]1CCC(=O)[C@@H]1CCCCCCC(=O)N[C@@H](C(=O)[O-])C(C)C. The number of hydrogen-bond donors (Lipinski definition) is 2. The lowest BCUT2D eigenvalue weighted by Crippen LogP contribution is -2.50. The molecule has 1 saturated carbocycles. The first-order chi connectivity index (χ1) is 14.8. The highest BCUT2D eigenvalue weighted by molar-refractivity contribution is 5.84. The number of ketones is 1. The number of rotatable bonds is 16. The van der Waals surface area contributed by atoms with Crippen molar-refractivity contribution < 1.29 is 24.6 Å². The summed E-state index contributed by atoms with van der Waals surface area (Å²) < 4.78 is 0. The summed E-state index contributed by atoms with van der Waals surface area (Å²) >= 11 is 0. The Balaban J connectivity index is 2.27. The fourth-order valence-electron chi connectivity index (χ4n) is 4.26. The summed E-state index contributed by atoms with van der Waals surface area (Å²) in [5.74, 6) is -1.10. The van der Waals surface area contributed by atoms with Gasteiger partial charge in [-0.15, -0.1) is 0 Å². The molecule has 1 aliphatic rings. The molecule has 0 heterocycles. The van der Waals surface area contributed by atoms with Crippen LogP contribution in [-0.2, 0) is 14.4 Å². The second-order valence-corrected chi connectivity index (χ2v) is 9.28. The first-order valence-electron chi connectivity index (χ1n) is 12.2. The predicted molar refractivity (Wildman–Crippen MR) is 120 cm³/mol. The maximum absolute atomic E-state index is 12.3. The van der Waals surface area contributed by atoms with Gasteiger partial charge in [0, 0.05) is 18.8 Å². The maximum Gasteiger partial charge on any atom is 0.220 e. The fraction of sp³-hybridized carbons (Fsp3) is 0.800. The second kappa shape index (κ2) is 15.2. The van der Waals surface area contributed by atoms with Crippen LogP contribution in [0.3, 0.4) is 0 Å². The number of aliphatic hydroxyl groups excluding tert-OH is 1. The Hall–Kier alpha value is -1.69. The zero-order valence-corrected chi connectivity index (χ0v) is 19.6. The van der Waals surface area contributed by atoms with Gasteiger partial charge in [-0.25, -0.2) is 0 Å². The molecule has 1 aliphatic carbocycles. The monoisotopic (exact) mass is 436 g/mol. The van der Waals surface area contributed by atoms with Gasteiger partial charge in [-0.1, -0.05) is 71.4 Å². The van der Waals surface area contributed by atoms with E-state index in [9.17, 15) is 24.6 Å². The van der Waals surface area contributed by atoms with Gasteiger partial charge < -0.3 is 20.3 Å². The van der Waals surface area contributed by atoms with Crippen LogP contribution in [0.5, 0.6) is 0 Å². The predicted octanol–water partition coefficient (Wildman–Crippen LogP) is 3.31. The lowest BCUT2D eigenvalue weighted by atomic mass is 9.89. The van der Waals surface area contributed by atoms with E-state index in [-0.39, 0.29) is 23.7 Å². The molecule has 31 heavy (non-hydrogen) atoms. The topological polar surface area (TPSA) is 107 Å². The number of unbranched alkanes of at least 4 members (excludes halogenated alkanes) is 5. The van der Waals surface area contributed by atoms with Crippen molar-refractivity contribution in [3.8, 4) is 0 Å². The van der Waals surface area contributed by atoms with Gasteiger partial charge in [-0.3, -0.25) is 9.59 Å². The van der Waals surface area contributed by atoms with Gasteiger partial charge in [0.05, 0.1) is 18.1 Å². The lowest BCUT2D eigenvalue weighted by molar-refractivity contribution is -0.309. The summed E-state index contributed by atoms with van der Waals surface area (Å²) in [6.07, 6.45) is 13.7. The third-order valence-corrected chi connectivity index (χ3v) is 6.24. The highest BCUT2D eigenvalue weighted by atomic mass is 16.4. The van der Waals surface area contributed by atoms with Gasteiger partial charge >= 0.3 is 0 Å². The van der Waals surface area contributed by atoms with E-state index >= 15 is 0 Å². The van der Waals surface area contributed by atoms with E-state index in [0.29, 0.717) is 25.0 Å². The first kappa shape index (κ1) is 27.3. The molecule has 0 saturated heterocycles. The van der Waals surface area contributed by atoms with Crippen molar-refractivity contribution in [1.29, 1.82) is 0 Å². The number of carbonyl (C=O) groups is 3. The van der Waals surface area contributed by atoms with Crippen molar-refractivity contribution in [2.45, 2.75) is 110 Å². The second-order valence-electron chi connectivity index (χ2n) is 9.28. The Bertz CT molecular complexity index is 586. The molecule has 0 radical (unpaired) electrons. The summed E-state index contributed by atoms with van der Waals surface area (Å²) in [5, 5.41) is 23.7. The van der Waals surface area contributed by atoms with Crippen LogP contribution in [0.25, 0.3) is 0 Å². The lowest BCUT2D eigenvalue weighted by Gasteiger charge is -2.23. The zero-order valence-electron chi connectivity index (χ0n) is 19.6. The van der Waals surface area contributed by atoms with Crippen molar-refractivity contribution in [1.82, 2.24) is 5.32 Å². The number of carboxylic acid groups (broad SMARTS) is 1. The average molecular weight is 437 g/mol. The minimum Gasteiger partial charge on any atom is -0.548 e. The van der Waals surface area contributed by atoms with Gasteiger partial charge in [0.25, 0.3) is 0 Å². The van der Waals surface area contributed by atoms with Crippen LogP contribution in [0.2, 0.25) is 0 Å². The Labute approximate surface area is 187 Å². The highest BCUT2D eigenvalue weighted by Crippen LogP contribution is 2.34. The number of aliphatic carboxylic acids is 1. The van der Waals surface area contributed by atoms with Gasteiger partial charge in [0.1, 0.15) is 5.78 Å². The number of aliphatic hydroxyl groups is 1. The smallest absolute Gasteiger partial charge is 0.220 e. The van der Waals surface area contributed by atoms with Crippen LogP contribution >= 0.6 is 0 Å². The van der Waals surface area contributed by atoms with Crippen LogP contribution in [0.15, 0.2) is 12.2 Å². The molecule has 0 aromatic heterocycles. The molecule has 2 N–H and O–H groups in total. The van der Waals surface area contributed by atoms with Crippen LogP contribution < -0.4 is 10.4 Å². The molecule has 6 heteroatoms. The summed E-state index contributed by atoms with van der Waals surface area (Å²) in [6, 6.07) is -0.948. The third-order valence-electron chi connectivity index (χ3n) is 6.24. The molecule has 0 aromatic rings. The molecule has 0 unspecified atom stereocenters. The van der Waals surface area contributed by atoms with Gasteiger partial charge in [0.2, 0.25) is 5.91 Å². The van der Waals surface area contributed by atoms with E-state index in [0.717, 1.165) is 57.8 Å². The van der Waals surface area contributed by atoms with Crippen molar-refractivity contribution in [2.75, 3.05) is 0 Å². The molecule has 0 aliphatic heterocycles. The summed E-state index contributed by atoms with van der Waals surface area (Å²) in [4.78, 5) is 35.2. The number of amides is 1. The van der Waals surface area contributed by atoms with Gasteiger partial charge in [0.15, 0.2) is 0 Å². The van der Waals surface area contributed by atoms with Crippen LogP contribution in [-0.4, -0.2) is 34.9 Å². The molecular weight excluding hydrogens is 394 g/mol. The molecule has 4 atom stereocenters. The van der Waals surface area contributed by atoms with E-state index < -0.39 is 18.1 Å². The van der Waals surface area contributed by atoms with Crippen molar-refractivity contribution in [3.05, 3.63) is 12.2 Å². The van der Waals surface area contributed by atoms with Crippen LogP contribution in [0.1, 0.15) is 97.8 Å². The number of carboxylic acids is 1. The maximum atomic E-state index is 12.3. The quantitative estimate of drug-likeness (QED) is 0.285. The molecule has 1 rings (SSSR count). The minimum absolute atomic E-state index is 0.0530. The van der Waals surface area contributed by atoms with Gasteiger partial charge in [-0.05, 0) is 37.5 Å². The number of nitrogens with one attached hydrogen (secondary N) is 1. The Morgan fingerprint density at radius 3 is 2.52 bits per heavy atom. The summed E-state index contributed by atoms with van der Waals surface area (Å²) in [5.41, 5.74) is 0. The summed E-state index contributed by atoms with van der Waals surface area (Å²) in [7, 11) is 0. The van der Waals surface area contributed by atoms with E-state index in [2.05, 4.69) is 18.3 Å². The largest absolute Gasteiger partial charge is 0.548 e. The Kier molecular flexibility index (Phi) is 13.4. The van der Waals surface area contributed by atoms with Crippen LogP contribution in [0.4, 0.5) is 0 Å². The fourth-order valence-corrected chi connectivity index (χ4v) is 4.26. The van der Waals surface area contributed by atoms with Crippen molar-refractivity contribution >= 4 is 17.7 Å². The Morgan fingerprint density at radius 2 is 1.87 bits per heavy atom. The normalized spacial score (nSPS) is 21.0. The highest BCUT2D eigenvalue weighted by Gasteiger charge is 2.32. The molecular formula is C25H42NO5-. The number of Topliss-reactive ketones (excluding diaryl/α,β-unsaturated/α-hetero) is 1. The van der Waals surface area contributed by atoms with Gasteiger partial charge in [-0.2, -0.15) is 0 Å². The molecule has 178 valence electrons. The number of carbonyl (C=O) groups excluding carboxylic acids is 3. The molecule has 0 aromatic carbocycles. The average Bonchev–Trinajstić information content (AvgIpc) is 3.06. The first-order valence-corrected chi connectivity index (χ1v) is 12.2. The zero-order chi connectivity index (χ0) is 23.2. The molecule has 6 nitrogen and oxygen atoms in total. The minimum atomic E-state index is -1.25. The third kappa shape index (κ3) is 10.9. The van der Waals surface area contributed by atoms with Crippen LogP contribution in [0, 0.1) is 17.8 Å². The van der Waals surface area contributed by atoms with E-state index in [1.807, 2.05) is 6.08 Å².